The highest BCUT2D eigenvalue weighted by molar-refractivity contribution is 5.79. The van der Waals surface area contributed by atoms with Crippen LogP contribution in [-0.4, -0.2) is 38.4 Å². The Bertz CT molecular complexity index is 566. The topological polar surface area (TPSA) is 71.7 Å². The third kappa shape index (κ3) is 4.61. The number of hydrogen-bond acceptors (Lipinski definition) is 4. The van der Waals surface area contributed by atoms with E-state index >= 15 is 0 Å². The third-order valence-electron chi connectivity index (χ3n) is 2.88. The maximum Gasteiger partial charge on any atom is 0.191 e. The third-order valence-corrected chi connectivity index (χ3v) is 2.88. The van der Waals surface area contributed by atoms with Crippen LogP contribution in [0.5, 0.6) is 0 Å². The van der Waals surface area contributed by atoms with Crippen LogP contribution in [0.1, 0.15) is 5.69 Å². The molecule has 1 heterocycles. The lowest BCUT2D eigenvalue weighted by Crippen LogP contribution is -2.38. The first-order valence-corrected chi connectivity index (χ1v) is 6.78. The van der Waals surface area contributed by atoms with Crippen LogP contribution in [0.2, 0.25) is 0 Å². The predicted octanol–water partition coefficient (Wildman–Crippen LogP) is 1.65. The number of benzene rings is 1. The summed E-state index contributed by atoms with van der Waals surface area (Å²) >= 11 is 0. The number of ether oxygens (including phenoxy) is 1. The number of nitrogens with one attached hydrogen (secondary N) is 2. The molecule has 1 aromatic heterocycles. The molecule has 0 aliphatic rings. The van der Waals surface area contributed by atoms with Gasteiger partial charge in [0, 0.05) is 32.3 Å². The van der Waals surface area contributed by atoms with Gasteiger partial charge in [0.15, 0.2) is 11.7 Å². The molecule has 21 heavy (non-hydrogen) atoms. The fourth-order valence-electron chi connectivity index (χ4n) is 1.80. The summed E-state index contributed by atoms with van der Waals surface area (Å²) in [5.41, 5.74) is 1.84. The van der Waals surface area contributed by atoms with Gasteiger partial charge in [0.2, 0.25) is 0 Å². The minimum Gasteiger partial charge on any atom is -0.383 e. The molecule has 2 N–H and O–H groups in total. The van der Waals surface area contributed by atoms with E-state index in [1.807, 2.05) is 36.4 Å². The summed E-state index contributed by atoms with van der Waals surface area (Å²) in [6.45, 7) is 1.87. The Labute approximate surface area is 124 Å². The molecule has 0 unspecified atom stereocenters. The van der Waals surface area contributed by atoms with Crippen LogP contribution >= 0.6 is 0 Å². The van der Waals surface area contributed by atoms with E-state index < -0.39 is 0 Å². The number of aliphatic imine (C=N–C) groups is 1. The summed E-state index contributed by atoms with van der Waals surface area (Å²) in [7, 11) is 3.39. The van der Waals surface area contributed by atoms with Crippen molar-refractivity contribution in [3.63, 3.8) is 0 Å². The van der Waals surface area contributed by atoms with Crippen molar-refractivity contribution in [2.45, 2.75) is 6.54 Å². The lowest BCUT2D eigenvalue weighted by Gasteiger charge is -2.09. The number of aromatic nitrogens is 1. The van der Waals surface area contributed by atoms with Gasteiger partial charge in [-0.1, -0.05) is 35.5 Å². The number of methoxy groups -OCH3 is 1. The largest absolute Gasteiger partial charge is 0.383 e. The molecule has 0 radical (unpaired) electrons. The van der Waals surface area contributed by atoms with E-state index in [1.165, 1.54) is 0 Å². The van der Waals surface area contributed by atoms with E-state index in [2.05, 4.69) is 20.8 Å². The molecule has 2 rings (SSSR count). The summed E-state index contributed by atoms with van der Waals surface area (Å²) in [6, 6.07) is 11.8. The molecule has 0 amide bonds. The summed E-state index contributed by atoms with van der Waals surface area (Å²) in [5, 5.41) is 10.4. The number of hydrogen-bond donors (Lipinski definition) is 2. The van der Waals surface area contributed by atoms with E-state index in [-0.39, 0.29) is 0 Å². The lowest BCUT2D eigenvalue weighted by molar-refractivity contribution is 0.203. The summed E-state index contributed by atoms with van der Waals surface area (Å²) in [5.74, 6) is 1.46. The van der Waals surface area contributed by atoms with E-state index in [1.54, 1.807) is 14.2 Å². The van der Waals surface area contributed by atoms with Gasteiger partial charge in [-0.05, 0) is 0 Å². The van der Waals surface area contributed by atoms with Crippen LogP contribution in [0.25, 0.3) is 11.3 Å². The van der Waals surface area contributed by atoms with Crippen LogP contribution in [0.15, 0.2) is 45.9 Å². The monoisotopic (exact) mass is 288 g/mol. The van der Waals surface area contributed by atoms with Crippen LogP contribution in [0, 0.1) is 0 Å². The van der Waals surface area contributed by atoms with Gasteiger partial charge in [-0.25, -0.2) is 0 Å². The first-order chi connectivity index (χ1) is 10.3. The maximum atomic E-state index is 5.34. The van der Waals surface area contributed by atoms with E-state index in [0.29, 0.717) is 25.7 Å². The van der Waals surface area contributed by atoms with Gasteiger partial charge in [0.05, 0.1) is 13.2 Å². The first kappa shape index (κ1) is 15.1. The molecule has 0 fully saturated rings. The molecule has 6 nitrogen and oxygen atoms in total. The van der Waals surface area contributed by atoms with Gasteiger partial charge in [-0.15, -0.1) is 0 Å². The maximum absolute atomic E-state index is 5.34. The molecular formula is C15H20N4O2. The highest BCUT2D eigenvalue weighted by atomic mass is 16.5. The molecule has 0 spiro atoms. The average Bonchev–Trinajstić information content (AvgIpc) is 3.00. The normalized spacial score (nSPS) is 11.4. The first-order valence-electron chi connectivity index (χ1n) is 6.78. The van der Waals surface area contributed by atoms with Crippen LogP contribution in [0.4, 0.5) is 0 Å². The zero-order valence-corrected chi connectivity index (χ0v) is 12.3. The van der Waals surface area contributed by atoms with Crippen molar-refractivity contribution in [2.75, 3.05) is 27.3 Å². The van der Waals surface area contributed by atoms with Crippen molar-refractivity contribution in [3.05, 3.63) is 42.1 Å². The van der Waals surface area contributed by atoms with Crippen molar-refractivity contribution in [3.8, 4) is 11.3 Å². The second-order valence-electron chi connectivity index (χ2n) is 4.39. The molecule has 0 aliphatic carbocycles. The molecule has 0 bridgehead atoms. The summed E-state index contributed by atoms with van der Waals surface area (Å²) < 4.78 is 10.3. The Morgan fingerprint density at radius 3 is 2.81 bits per heavy atom. The SMILES string of the molecule is CN=C(NCCOC)NCc1cc(-c2ccccc2)on1. The predicted molar refractivity (Wildman–Crippen MR) is 82.0 cm³/mol. The lowest BCUT2D eigenvalue weighted by atomic mass is 10.2. The van der Waals surface area contributed by atoms with Crippen LogP contribution in [0.3, 0.4) is 0 Å². The number of rotatable bonds is 6. The molecule has 0 atom stereocenters. The van der Waals surface area contributed by atoms with E-state index in [0.717, 1.165) is 17.0 Å². The van der Waals surface area contributed by atoms with Gasteiger partial charge in [-0.3, -0.25) is 4.99 Å². The second-order valence-corrected chi connectivity index (χ2v) is 4.39. The second kappa shape index (κ2) is 8.06. The molecule has 0 saturated carbocycles. The Hall–Kier alpha value is -2.34. The smallest absolute Gasteiger partial charge is 0.191 e. The quantitative estimate of drug-likeness (QED) is 0.480. The van der Waals surface area contributed by atoms with Crippen molar-refractivity contribution in [1.82, 2.24) is 15.8 Å². The van der Waals surface area contributed by atoms with Gasteiger partial charge in [-0.2, -0.15) is 0 Å². The van der Waals surface area contributed by atoms with Crippen molar-refractivity contribution in [2.24, 2.45) is 4.99 Å². The highest BCUT2D eigenvalue weighted by Gasteiger charge is 2.06. The molecule has 6 heteroatoms. The molecule has 0 saturated heterocycles. The zero-order chi connectivity index (χ0) is 14.9. The fourth-order valence-corrected chi connectivity index (χ4v) is 1.80. The van der Waals surface area contributed by atoms with Crippen LogP contribution < -0.4 is 10.6 Å². The molecule has 0 aliphatic heterocycles. The van der Waals surface area contributed by atoms with Crippen molar-refractivity contribution in [1.29, 1.82) is 0 Å². The summed E-state index contributed by atoms with van der Waals surface area (Å²) in [6.07, 6.45) is 0. The average molecular weight is 288 g/mol. The van der Waals surface area contributed by atoms with Gasteiger partial charge in [0.1, 0.15) is 5.69 Å². The fraction of sp³-hybridized carbons (Fsp3) is 0.333. The molecule has 112 valence electrons. The van der Waals surface area contributed by atoms with E-state index in [9.17, 15) is 0 Å². The zero-order valence-electron chi connectivity index (χ0n) is 12.3. The number of guanidine groups is 1. The number of nitrogens with zero attached hydrogens (tertiary/aromatic N) is 2. The van der Waals surface area contributed by atoms with E-state index in [4.69, 9.17) is 9.26 Å². The summed E-state index contributed by atoms with van der Waals surface area (Å²) in [4.78, 5) is 4.12. The Morgan fingerprint density at radius 2 is 2.10 bits per heavy atom. The van der Waals surface area contributed by atoms with Gasteiger partial charge >= 0.3 is 0 Å². The van der Waals surface area contributed by atoms with Crippen molar-refractivity contribution < 1.29 is 9.26 Å². The van der Waals surface area contributed by atoms with Crippen molar-refractivity contribution >= 4 is 5.96 Å². The van der Waals surface area contributed by atoms with Gasteiger partial charge in [0.25, 0.3) is 0 Å². The van der Waals surface area contributed by atoms with Crippen LogP contribution in [-0.2, 0) is 11.3 Å². The minimum absolute atomic E-state index is 0.545. The Kier molecular flexibility index (Phi) is 5.78. The van der Waals surface area contributed by atoms with Gasteiger partial charge < -0.3 is 19.9 Å². The Balaban J connectivity index is 1.88. The standard InChI is InChI=1S/C15H20N4O2/c1-16-15(17-8-9-20-2)18-11-13-10-14(21-19-13)12-6-4-3-5-7-12/h3-7,10H,8-9,11H2,1-2H3,(H2,16,17,18). The Morgan fingerprint density at radius 1 is 1.29 bits per heavy atom. The highest BCUT2D eigenvalue weighted by Crippen LogP contribution is 2.19. The minimum atomic E-state index is 0.545. The molecule has 1 aromatic carbocycles. The molecule has 2 aromatic rings. The molecular weight excluding hydrogens is 268 g/mol.